The molecule has 0 radical (unpaired) electrons. The van der Waals surface area contributed by atoms with Gasteiger partial charge in [-0.2, -0.15) is 0 Å². The molecule has 0 saturated heterocycles. The molecule has 21 heavy (non-hydrogen) atoms. The Labute approximate surface area is 123 Å². The van der Waals surface area contributed by atoms with Crippen LogP contribution in [0.5, 0.6) is 0 Å². The largest absolute Gasteiger partial charge is 0.269 e. The SMILES string of the molecule is Cc1cc2ncn(C(=O)C=Cc3ccccc3)c2cc1C. The molecule has 0 N–H and O–H groups in total. The van der Waals surface area contributed by atoms with Crippen LogP contribution in [0.1, 0.15) is 21.5 Å². The number of aromatic nitrogens is 2. The number of benzene rings is 2. The summed E-state index contributed by atoms with van der Waals surface area (Å²) in [5, 5.41) is 0. The fourth-order valence-corrected chi connectivity index (χ4v) is 2.25. The minimum absolute atomic E-state index is 0.0930. The van der Waals surface area contributed by atoms with Crippen molar-refractivity contribution in [2.75, 3.05) is 0 Å². The molecule has 0 fully saturated rings. The zero-order valence-corrected chi connectivity index (χ0v) is 12.1. The monoisotopic (exact) mass is 276 g/mol. The predicted molar refractivity (Wildman–Crippen MR) is 85.3 cm³/mol. The van der Waals surface area contributed by atoms with Gasteiger partial charge in [0.25, 0.3) is 5.91 Å². The topological polar surface area (TPSA) is 34.9 Å². The maximum atomic E-state index is 12.3. The van der Waals surface area contributed by atoms with Gasteiger partial charge >= 0.3 is 0 Å². The van der Waals surface area contributed by atoms with Crippen molar-refractivity contribution in [3.8, 4) is 0 Å². The van der Waals surface area contributed by atoms with Crippen LogP contribution < -0.4 is 0 Å². The minimum atomic E-state index is -0.0930. The summed E-state index contributed by atoms with van der Waals surface area (Å²) in [5.74, 6) is -0.0930. The number of carbonyl (C=O) groups is 1. The van der Waals surface area contributed by atoms with E-state index in [1.807, 2.05) is 62.4 Å². The number of hydrogen-bond acceptors (Lipinski definition) is 2. The summed E-state index contributed by atoms with van der Waals surface area (Å²) in [6.45, 7) is 4.08. The molecule has 0 saturated carbocycles. The van der Waals surface area contributed by atoms with E-state index in [9.17, 15) is 4.79 Å². The van der Waals surface area contributed by atoms with Crippen LogP contribution in [0.2, 0.25) is 0 Å². The van der Waals surface area contributed by atoms with Crippen LogP contribution in [0, 0.1) is 13.8 Å². The second kappa shape index (κ2) is 5.37. The van der Waals surface area contributed by atoms with E-state index in [-0.39, 0.29) is 5.91 Å². The summed E-state index contributed by atoms with van der Waals surface area (Å²) in [4.78, 5) is 16.6. The second-order valence-corrected chi connectivity index (χ2v) is 5.12. The van der Waals surface area contributed by atoms with Crippen LogP contribution in [-0.2, 0) is 0 Å². The van der Waals surface area contributed by atoms with Gasteiger partial charge in [-0.05, 0) is 48.7 Å². The zero-order valence-electron chi connectivity index (χ0n) is 12.1. The highest BCUT2D eigenvalue weighted by Crippen LogP contribution is 2.18. The molecular formula is C18H16N2O. The average Bonchev–Trinajstić information content (AvgIpc) is 2.89. The number of allylic oxidation sites excluding steroid dienone is 1. The minimum Gasteiger partial charge on any atom is -0.269 e. The molecule has 0 spiro atoms. The highest BCUT2D eigenvalue weighted by Gasteiger charge is 2.08. The lowest BCUT2D eigenvalue weighted by atomic mass is 10.1. The fourth-order valence-electron chi connectivity index (χ4n) is 2.25. The Balaban J connectivity index is 1.95. The maximum Gasteiger partial charge on any atom is 0.256 e. The Morgan fingerprint density at radius 2 is 1.81 bits per heavy atom. The van der Waals surface area contributed by atoms with Crippen molar-refractivity contribution in [3.63, 3.8) is 0 Å². The van der Waals surface area contributed by atoms with Crippen molar-refractivity contribution >= 4 is 23.0 Å². The van der Waals surface area contributed by atoms with Gasteiger partial charge in [-0.3, -0.25) is 9.36 Å². The first kappa shape index (κ1) is 13.3. The second-order valence-electron chi connectivity index (χ2n) is 5.12. The van der Waals surface area contributed by atoms with E-state index in [1.165, 1.54) is 5.56 Å². The van der Waals surface area contributed by atoms with Crippen LogP contribution in [0.15, 0.2) is 54.9 Å². The molecule has 0 bridgehead atoms. The molecule has 104 valence electrons. The molecule has 0 atom stereocenters. The number of aryl methyl sites for hydroxylation is 2. The van der Waals surface area contributed by atoms with E-state index in [4.69, 9.17) is 0 Å². The van der Waals surface area contributed by atoms with Gasteiger partial charge in [0.05, 0.1) is 11.0 Å². The first-order chi connectivity index (χ1) is 10.1. The third-order valence-corrected chi connectivity index (χ3v) is 3.62. The Morgan fingerprint density at radius 1 is 1.10 bits per heavy atom. The number of nitrogens with zero attached hydrogens (tertiary/aromatic N) is 2. The molecule has 3 nitrogen and oxygen atoms in total. The molecule has 0 amide bonds. The Morgan fingerprint density at radius 3 is 2.57 bits per heavy atom. The van der Waals surface area contributed by atoms with Gasteiger partial charge in [0, 0.05) is 6.08 Å². The lowest BCUT2D eigenvalue weighted by Gasteiger charge is -2.02. The molecule has 0 aliphatic heterocycles. The quantitative estimate of drug-likeness (QED) is 0.663. The van der Waals surface area contributed by atoms with Crippen LogP contribution in [0.25, 0.3) is 17.1 Å². The molecular weight excluding hydrogens is 260 g/mol. The lowest BCUT2D eigenvalue weighted by Crippen LogP contribution is -2.05. The molecule has 1 aromatic heterocycles. The van der Waals surface area contributed by atoms with Crippen molar-refractivity contribution in [1.29, 1.82) is 0 Å². The highest BCUT2D eigenvalue weighted by atomic mass is 16.1. The third kappa shape index (κ3) is 2.63. The van der Waals surface area contributed by atoms with Crippen LogP contribution >= 0.6 is 0 Å². The molecule has 3 heteroatoms. The van der Waals surface area contributed by atoms with Gasteiger partial charge in [0.1, 0.15) is 6.33 Å². The van der Waals surface area contributed by atoms with E-state index in [0.29, 0.717) is 0 Å². The van der Waals surface area contributed by atoms with Crippen molar-refractivity contribution in [3.05, 3.63) is 71.6 Å². The van der Waals surface area contributed by atoms with Gasteiger partial charge in [0.15, 0.2) is 0 Å². The Bertz CT molecular complexity index is 829. The molecule has 3 rings (SSSR count). The summed E-state index contributed by atoms with van der Waals surface area (Å²) in [6, 6.07) is 13.8. The molecule has 0 aliphatic rings. The molecule has 3 aromatic rings. The molecule has 1 heterocycles. The van der Waals surface area contributed by atoms with Crippen LogP contribution in [-0.4, -0.2) is 15.5 Å². The number of carbonyl (C=O) groups excluding carboxylic acids is 1. The van der Waals surface area contributed by atoms with Crippen molar-refractivity contribution in [2.24, 2.45) is 0 Å². The summed E-state index contributed by atoms with van der Waals surface area (Å²) in [6.07, 6.45) is 4.97. The third-order valence-electron chi connectivity index (χ3n) is 3.62. The smallest absolute Gasteiger partial charge is 0.256 e. The fraction of sp³-hybridized carbons (Fsp3) is 0.111. The molecule has 2 aromatic carbocycles. The van der Waals surface area contributed by atoms with Gasteiger partial charge in [0.2, 0.25) is 0 Å². The van der Waals surface area contributed by atoms with Crippen LogP contribution in [0.3, 0.4) is 0 Å². The molecule has 0 aliphatic carbocycles. The van der Waals surface area contributed by atoms with Gasteiger partial charge in [-0.15, -0.1) is 0 Å². The first-order valence-corrected chi connectivity index (χ1v) is 6.87. The normalized spacial score (nSPS) is 11.3. The maximum absolute atomic E-state index is 12.3. The summed E-state index contributed by atoms with van der Waals surface area (Å²) < 4.78 is 1.58. The zero-order chi connectivity index (χ0) is 14.8. The van der Waals surface area contributed by atoms with E-state index in [2.05, 4.69) is 4.98 Å². The summed E-state index contributed by atoms with van der Waals surface area (Å²) in [7, 11) is 0. The van der Waals surface area contributed by atoms with E-state index in [1.54, 1.807) is 17.0 Å². The van der Waals surface area contributed by atoms with E-state index in [0.717, 1.165) is 22.2 Å². The first-order valence-electron chi connectivity index (χ1n) is 6.87. The average molecular weight is 276 g/mol. The standard InChI is InChI=1S/C18H16N2O/c1-13-10-16-17(11-14(13)2)20(12-19-16)18(21)9-8-15-6-4-3-5-7-15/h3-12H,1-2H3. The number of hydrogen-bond donors (Lipinski definition) is 0. The van der Waals surface area contributed by atoms with Crippen LogP contribution in [0.4, 0.5) is 0 Å². The van der Waals surface area contributed by atoms with Crippen molar-refractivity contribution in [1.82, 2.24) is 9.55 Å². The number of rotatable bonds is 2. The van der Waals surface area contributed by atoms with Gasteiger partial charge in [-0.25, -0.2) is 4.98 Å². The van der Waals surface area contributed by atoms with Crippen molar-refractivity contribution < 1.29 is 4.79 Å². The van der Waals surface area contributed by atoms with Gasteiger partial charge < -0.3 is 0 Å². The Kier molecular flexibility index (Phi) is 3.40. The van der Waals surface area contributed by atoms with E-state index < -0.39 is 0 Å². The number of fused-ring (bicyclic) bond motifs is 1. The van der Waals surface area contributed by atoms with E-state index >= 15 is 0 Å². The van der Waals surface area contributed by atoms with Crippen molar-refractivity contribution in [2.45, 2.75) is 13.8 Å². The number of imidazole rings is 1. The lowest BCUT2D eigenvalue weighted by molar-refractivity contribution is 0.0974. The Hall–Kier alpha value is -2.68. The predicted octanol–water partition coefficient (Wildman–Crippen LogP) is 4.01. The summed E-state index contributed by atoms with van der Waals surface area (Å²) in [5.41, 5.74) is 5.03. The highest BCUT2D eigenvalue weighted by molar-refractivity contribution is 5.99. The molecule has 0 unspecified atom stereocenters. The van der Waals surface area contributed by atoms with Gasteiger partial charge in [-0.1, -0.05) is 30.3 Å². The summed E-state index contributed by atoms with van der Waals surface area (Å²) >= 11 is 0.